The molecule has 0 spiro atoms. The van der Waals surface area contributed by atoms with Crippen LogP contribution in [0.5, 0.6) is 0 Å². The maximum Gasteiger partial charge on any atom is 0.416 e. The molecule has 3 nitrogen and oxygen atoms in total. The van der Waals surface area contributed by atoms with Crippen LogP contribution in [-0.4, -0.2) is 10.9 Å². The first-order chi connectivity index (χ1) is 12.2. The minimum absolute atomic E-state index is 0.194. The van der Waals surface area contributed by atoms with Crippen molar-refractivity contribution in [3.05, 3.63) is 69.8 Å². The number of rotatable bonds is 3. The molecule has 3 aromatic rings. The summed E-state index contributed by atoms with van der Waals surface area (Å²) in [5.74, 6) is -2.14. The summed E-state index contributed by atoms with van der Waals surface area (Å²) >= 11 is 6.92. The number of benzene rings is 2. The number of anilines is 1. The van der Waals surface area contributed by atoms with Crippen LogP contribution in [0.25, 0.3) is 11.3 Å². The highest BCUT2D eigenvalue weighted by atomic mass is 35.5. The van der Waals surface area contributed by atoms with Crippen LogP contribution in [0.15, 0.2) is 47.8 Å². The van der Waals surface area contributed by atoms with Gasteiger partial charge in [-0.15, -0.1) is 11.3 Å². The largest absolute Gasteiger partial charge is 0.416 e. The molecule has 0 saturated carbocycles. The van der Waals surface area contributed by atoms with E-state index in [9.17, 15) is 22.4 Å². The molecule has 0 radical (unpaired) electrons. The van der Waals surface area contributed by atoms with Crippen molar-refractivity contribution in [3.63, 3.8) is 0 Å². The van der Waals surface area contributed by atoms with Gasteiger partial charge in [0.05, 0.1) is 16.8 Å². The van der Waals surface area contributed by atoms with E-state index in [-0.39, 0.29) is 11.2 Å². The normalized spacial score (nSPS) is 11.4. The van der Waals surface area contributed by atoms with Gasteiger partial charge in [-0.25, -0.2) is 9.37 Å². The van der Waals surface area contributed by atoms with Gasteiger partial charge in [-0.1, -0.05) is 23.7 Å². The Morgan fingerprint density at radius 1 is 1.12 bits per heavy atom. The molecular formula is C17H9ClF4N2OS. The molecule has 0 atom stereocenters. The van der Waals surface area contributed by atoms with Crippen LogP contribution in [-0.2, 0) is 6.18 Å². The SMILES string of the molecule is O=C(Nc1nc(-c2ccc(Cl)cc2)cs1)c1ccc(C(F)(F)F)cc1F. The van der Waals surface area contributed by atoms with Gasteiger partial charge in [0.1, 0.15) is 5.82 Å². The number of carbonyl (C=O) groups excluding carboxylic acids is 1. The Morgan fingerprint density at radius 3 is 2.42 bits per heavy atom. The summed E-state index contributed by atoms with van der Waals surface area (Å²) in [6, 6.07) is 8.60. The number of nitrogens with zero attached hydrogens (tertiary/aromatic N) is 1. The molecule has 9 heteroatoms. The van der Waals surface area contributed by atoms with Crippen LogP contribution in [0, 0.1) is 5.82 Å². The lowest BCUT2D eigenvalue weighted by atomic mass is 10.1. The molecule has 26 heavy (non-hydrogen) atoms. The van der Waals surface area contributed by atoms with Gasteiger partial charge in [-0.3, -0.25) is 10.1 Å². The summed E-state index contributed by atoms with van der Waals surface area (Å²) in [5, 5.41) is 4.82. The minimum atomic E-state index is -4.68. The van der Waals surface area contributed by atoms with E-state index in [1.54, 1.807) is 29.6 Å². The quantitative estimate of drug-likeness (QED) is 0.558. The van der Waals surface area contributed by atoms with Crippen LogP contribution < -0.4 is 5.32 Å². The number of halogens is 5. The van der Waals surface area contributed by atoms with E-state index in [0.29, 0.717) is 16.8 Å². The summed E-state index contributed by atoms with van der Waals surface area (Å²) in [7, 11) is 0. The Morgan fingerprint density at radius 2 is 1.81 bits per heavy atom. The lowest BCUT2D eigenvalue weighted by molar-refractivity contribution is -0.137. The summed E-state index contributed by atoms with van der Waals surface area (Å²) in [5.41, 5.74) is -0.311. The maximum absolute atomic E-state index is 13.9. The first kappa shape index (κ1) is 18.3. The zero-order valence-corrected chi connectivity index (χ0v) is 14.3. The minimum Gasteiger partial charge on any atom is -0.298 e. The van der Waals surface area contributed by atoms with Gasteiger partial charge < -0.3 is 0 Å². The van der Waals surface area contributed by atoms with Gasteiger partial charge in [0.2, 0.25) is 0 Å². The lowest BCUT2D eigenvalue weighted by Gasteiger charge is -2.08. The number of hydrogen-bond acceptors (Lipinski definition) is 3. The highest BCUT2D eigenvalue weighted by Gasteiger charge is 2.31. The molecular weight excluding hydrogens is 392 g/mol. The Bertz CT molecular complexity index is 954. The van der Waals surface area contributed by atoms with Crippen LogP contribution in [0.3, 0.4) is 0 Å². The average molecular weight is 401 g/mol. The van der Waals surface area contributed by atoms with Crippen molar-refractivity contribution >= 4 is 34.0 Å². The highest BCUT2D eigenvalue weighted by molar-refractivity contribution is 7.14. The molecule has 0 bridgehead atoms. The van der Waals surface area contributed by atoms with Crippen molar-refractivity contribution in [2.24, 2.45) is 0 Å². The van der Waals surface area contributed by atoms with Gasteiger partial charge in [-0.2, -0.15) is 13.2 Å². The van der Waals surface area contributed by atoms with Gasteiger partial charge in [0.25, 0.3) is 5.91 Å². The van der Waals surface area contributed by atoms with E-state index in [2.05, 4.69) is 10.3 Å². The maximum atomic E-state index is 13.9. The van der Waals surface area contributed by atoms with Gasteiger partial charge >= 0.3 is 6.18 Å². The summed E-state index contributed by atoms with van der Waals surface area (Å²) in [6.07, 6.45) is -4.68. The number of hydrogen-bond donors (Lipinski definition) is 1. The van der Waals surface area contributed by atoms with Crippen molar-refractivity contribution in [3.8, 4) is 11.3 Å². The van der Waals surface area contributed by atoms with Gasteiger partial charge in [0, 0.05) is 16.0 Å². The number of alkyl halides is 3. The third-order valence-corrected chi connectivity index (χ3v) is 4.42. The highest BCUT2D eigenvalue weighted by Crippen LogP contribution is 2.31. The molecule has 134 valence electrons. The number of nitrogens with one attached hydrogen (secondary N) is 1. The molecule has 1 heterocycles. The predicted octanol–water partition coefficient (Wildman–Crippen LogP) is 5.87. The van der Waals surface area contributed by atoms with Crippen LogP contribution in [0.2, 0.25) is 5.02 Å². The summed E-state index contributed by atoms with van der Waals surface area (Å²) in [6.45, 7) is 0. The van der Waals surface area contributed by atoms with E-state index < -0.39 is 29.0 Å². The topological polar surface area (TPSA) is 42.0 Å². The van der Waals surface area contributed by atoms with Crippen LogP contribution >= 0.6 is 22.9 Å². The molecule has 0 aliphatic carbocycles. The smallest absolute Gasteiger partial charge is 0.298 e. The molecule has 0 saturated heterocycles. The van der Waals surface area contributed by atoms with Gasteiger partial charge in [0.15, 0.2) is 5.13 Å². The molecule has 3 rings (SSSR count). The van der Waals surface area contributed by atoms with E-state index in [0.717, 1.165) is 23.0 Å². The summed E-state index contributed by atoms with van der Waals surface area (Å²) < 4.78 is 51.5. The first-order valence-corrected chi connectivity index (χ1v) is 8.39. The molecule has 2 aromatic carbocycles. The standard InChI is InChI=1S/C17H9ClF4N2OS/c18-11-4-1-9(2-5-11)14-8-26-16(23-14)24-15(25)12-6-3-10(7-13(12)19)17(20,21)22/h1-8H,(H,23,24,25). The van der Waals surface area contributed by atoms with E-state index >= 15 is 0 Å². The molecule has 0 unspecified atom stereocenters. The number of aromatic nitrogens is 1. The zero-order chi connectivity index (χ0) is 18.9. The third kappa shape index (κ3) is 4.03. The number of thiazole rings is 1. The third-order valence-electron chi connectivity index (χ3n) is 3.41. The first-order valence-electron chi connectivity index (χ1n) is 7.13. The van der Waals surface area contributed by atoms with E-state index in [1.807, 2.05) is 0 Å². The van der Waals surface area contributed by atoms with Crippen molar-refractivity contribution in [1.29, 1.82) is 0 Å². The Hall–Kier alpha value is -2.45. The predicted molar refractivity (Wildman–Crippen MR) is 91.9 cm³/mol. The summed E-state index contributed by atoms with van der Waals surface area (Å²) in [4.78, 5) is 16.3. The molecule has 0 aliphatic rings. The Labute approximate surface area is 154 Å². The molecule has 1 amide bonds. The van der Waals surface area contributed by atoms with Crippen LogP contribution in [0.4, 0.5) is 22.7 Å². The number of amides is 1. The fourth-order valence-electron chi connectivity index (χ4n) is 2.12. The molecule has 1 N–H and O–H groups in total. The second kappa shape index (κ2) is 7.05. The molecule has 0 fully saturated rings. The zero-order valence-electron chi connectivity index (χ0n) is 12.8. The van der Waals surface area contributed by atoms with E-state index in [1.165, 1.54) is 0 Å². The fraction of sp³-hybridized carbons (Fsp3) is 0.0588. The Balaban J connectivity index is 1.77. The monoisotopic (exact) mass is 400 g/mol. The van der Waals surface area contributed by atoms with Crippen molar-refractivity contribution in [1.82, 2.24) is 4.98 Å². The lowest BCUT2D eigenvalue weighted by Crippen LogP contribution is -2.15. The second-order valence-electron chi connectivity index (χ2n) is 5.19. The van der Waals surface area contributed by atoms with Crippen molar-refractivity contribution < 1.29 is 22.4 Å². The molecule has 1 aromatic heterocycles. The van der Waals surface area contributed by atoms with E-state index in [4.69, 9.17) is 11.6 Å². The molecule has 0 aliphatic heterocycles. The van der Waals surface area contributed by atoms with Crippen LogP contribution in [0.1, 0.15) is 15.9 Å². The van der Waals surface area contributed by atoms with Crippen molar-refractivity contribution in [2.45, 2.75) is 6.18 Å². The average Bonchev–Trinajstić information content (AvgIpc) is 3.03. The second-order valence-corrected chi connectivity index (χ2v) is 6.49. The van der Waals surface area contributed by atoms with Gasteiger partial charge in [-0.05, 0) is 30.3 Å². The fourth-order valence-corrected chi connectivity index (χ4v) is 2.97. The Kier molecular flexibility index (Phi) is 4.97. The number of carbonyl (C=O) groups is 1. The van der Waals surface area contributed by atoms with Crippen molar-refractivity contribution in [2.75, 3.05) is 5.32 Å².